The number of pyridine rings is 2. The molecule has 3 aromatic rings. The summed E-state index contributed by atoms with van der Waals surface area (Å²) in [4.78, 5) is 27.5. The molecule has 3 rings (SSSR count). The Bertz CT molecular complexity index is 983. The van der Waals surface area contributed by atoms with Crippen LogP contribution in [0.15, 0.2) is 47.3 Å². The van der Waals surface area contributed by atoms with Gasteiger partial charge in [-0.15, -0.1) is 0 Å². The van der Waals surface area contributed by atoms with Gasteiger partial charge in [0, 0.05) is 18.0 Å². The molecule has 0 radical (unpaired) electrons. The number of carboxylic acid groups (broad SMARTS) is 1. The van der Waals surface area contributed by atoms with Crippen LogP contribution >= 0.6 is 22.6 Å². The molecule has 2 aromatic heterocycles. The monoisotopic (exact) mass is 436 g/mol. The van der Waals surface area contributed by atoms with E-state index in [1.54, 1.807) is 6.07 Å². The van der Waals surface area contributed by atoms with Crippen LogP contribution in [0.1, 0.15) is 16.1 Å². The van der Waals surface area contributed by atoms with Crippen molar-refractivity contribution in [1.82, 2.24) is 9.55 Å². The fraction of sp³-hybridized carbons (Fsp3) is 0.118. The predicted molar refractivity (Wildman–Crippen MR) is 97.5 cm³/mol. The third kappa shape index (κ3) is 2.99. The van der Waals surface area contributed by atoms with Crippen LogP contribution in [0.4, 0.5) is 0 Å². The van der Waals surface area contributed by atoms with Gasteiger partial charge >= 0.3 is 5.97 Å². The van der Waals surface area contributed by atoms with Crippen molar-refractivity contribution in [2.75, 3.05) is 0 Å². The van der Waals surface area contributed by atoms with E-state index in [4.69, 9.17) is 0 Å². The molecule has 0 atom stereocenters. The summed E-state index contributed by atoms with van der Waals surface area (Å²) in [6.07, 6.45) is 0.584. The van der Waals surface area contributed by atoms with Crippen molar-refractivity contribution < 1.29 is 15.0 Å². The molecule has 0 fully saturated rings. The first-order valence-electron chi connectivity index (χ1n) is 7.18. The average Bonchev–Trinajstić information content (AvgIpc) is 2.57. The summed E-state index contributed by atoms with van der Waals surface area (Å²) < 4.78 is 1.82. The van der Waals surface area contributed by atoms with Gasteiger partial charge in [-0.1, -0.05) is 30.3 Å². The van der Waals surface area contributed by atoms with E-state index in [2.05, 4.69) is 4.98 Å². The van der Waals surface area contributed by atoms with Crippen molar-refractivity contribution in [1.29, 1.82) is 0 Å². The van der Waals surface area contributed by atoms with Gasteiger partial charge in [-0.2, -0.15) is 0 Å². The zero-order valence-electron chi connectivity index (χ0n) is 12.4. The Hall–Kier alpha value is -2.42. The number of benzene rings is 1. The maximum absolute atomic E-state index is 12.3. The molecule has 0 amide bonds. The summed E-state index contributed by atoms with van der Waals surface area (Å²) in [5.74, 6) is -1.82. The lowest BCUT2D eigenvalue weighted by Crippen LogP contribution is -2.21. The summed E-state index contributed by atoms with van der Waals surface area (Å²) in [5.41, 5.74) is 0.497. The van der Waals surface area contributed by atoms with E-state index in [1.807, 2.05) is 52.9 Å². The van der Waals surface area contributed by atoms with Gasteiger partial charge in [0.2, 0.25) is 0 Å². The third-order valence-corrected chi connectivity index (χ3v) is 4.56. The first-order valence-corrected chi connectivity index (χ1v) is 8.26. The highest BCUT2D eigenvalue weighted by molar-refractivity contribution is 14.1. The van der Waals surface area contributed by atoms with Crippen LogP contribution in [0.3, 0.4) is 0 Å². The lowest BCUT2D eigenvalue weighted by molar-refractivity contribution is 0.0687. The van der Waals surface area contributed by atoms with Crippen LogP contribution in [0, 0.1) is 3.70 Å². The summed E-state index contributed by atoms with van der Waals surface area (Å²) in [7, 11) is 0. The number of rotatable bonds is 4. The molecule has 7 heteroatoms. The second kappa shape index (κ2) is 6.60. The standard InChI is InChI=1S/C17H13IN2O4/c18-16-11-6-7-12(21)20(9-8-10-4-2-1-3-5-10)14(11)15(22)13(19-16)17(23)24/h1-7,22H,8-9H2,(H,23,24). The summed E-state index contributed by atoms with van der Waals surface area (Å²) in [5, 5.41) is 20.1. The molecule has 0 bridgehead atoms. The van der Waals surface area contributed by atoms with Crippen molar-refractivity contribution in [2.45, 2.75) is 13.0 Å². The Morgan fingerprint density at radius 1 is 1.17 bits per heavy atom. The first kappa shape index (κ1) is 16.4. The number of aromatic carboxylic acids is 1. The molecule has 0 aliphatic heterocycles. The topological polar surface area (TPSA) is 92.4 Å². The Morgan fingerprint density at radius 2 is 1.88 bits per heavy atom. The summed E-state index contributed by atoms with van der Waals surface area (Å²) >= 11 is 1.90. The zero-order chi connectivity index (χ0) is 17.3. The largest absolute Gasteiger partial charge is 0.504 e. The number of fused-ring (bicyclic) bond motifs is 1. The number of halogens is 1. The molecule has 0 unspecified atom stereocenters. The Kier molecular flexibility index (Phi) is 4.52. The molecular formula is C17H13IN2O4. The van der Waals surface area contributed by atoms with Gasteiger partial charge in [-0.3, -0.25) is 4.79 Å². The minimum absolute atomic E-state index is 0.204. The molecule has 0 saturated heterocycles. The van der Waals surface area contributed by atoms with Gasteiger partial charge in [0.05, 0.1) is 5.52 Å². The van der Waals surface area contributed by atoms with E-state index in [1.165, 1.54) is 10.6 Å². The average molecular weight is 436 g/mol. The molecule has 6 nitrogen and oxygen atoms in total. The number of hydrogen-bond donors (Lipinski definition) is 2. The molecule has 122 valence electrons. The molecule has 2 N–H and O–H groups in total. The van der Waals surface area contributed by atoms with Crippen molar-refractivity contribution in [3.63, 3.8) is 0 Å². The van der Waals surface area contributed by atoms with Gasteiger partial charge in [0.1, 0.15) is 3.70 Å². The third-order valence-electron chi connectivity index (χ3n) is 3.73. The maximum atomic E-state index is 12.3. The lowest BCUT2D eigenvalue weighted by Gasteiger charge is -2.13. The number of aryl methyl sites for hydroxylation is 2. The normalized spacial score (nSPS) is 10.9. The first-order chi connectivity index (χ1) is 11.5. The summed E-state index contributed by atoms with van der Waals surface area (Å²) in [6, 6.07) is 12.6. The Balaban J connectivity index is 2.17. The SMILES string of the molecule is O=C(O)c1nc(I)c2ccc(=O)n(CCc3ccccc3)c2c1O. The lowest BCUT2D eigenvalue weighted by atomic mass is 10.1. The van der Waals surface area contributed by atoms with Crippen molar-refractivity contribution in [3.05, 3.63) is 67.8 Å². The van der Waals surface area contributed by atoms with Crippen LogP contribution in [0.2, 0.25) is 0 Å². The van der Waals surface area contributed by atoms with E-state index < -0.39 is 17.4 Å². The van der Waals surface area contributed by atoms with Crippen LogP contribution in [0.5, 0.6) is 5.75 Å². The number of carbonyl (C=O) groups is 1. The second-order valence-electron chi connectivity index (χ2n) is 5.23. The molecule has 24 heavy (non-hydrogen) atoms. The molecule has 0 saturated carbocycles. The molecular weight excluding hydrogens is 423 g/mol. The minimum Gasteiger partial charge on any atom is -0.504 e. The fourth-order valence-corrected chi connectivity index (χ4v) is 3.26. The van der Waals surface area contributed by atoms with Crippen LogP contribution in [0.25, 0.3) is 10.9 Å². The van der Waals surface area contributed by atoms with E-state index >= 15 is 0 Å². The van der Waals surface area contributed by atoms with Crippen LogP contribution in [-0.4, -0.2) is 25.7 Å². The maximum Gasteiger partial charge on any atom is 0.358 e. The van der Waals surface area contributed by atoms with E-state index in [0.29, 0.717) is 22.1 Å². The van der Waals surface area contributed by atoms with Gasteiger partial charge in [-0.05, 0) is 40.6 Å². The van der Waals surface area contributed by atoms with Gasteiger partial charge in [0.15, 0.2) is 11.4 Å². The zero-order valence-corrected chi connectivity index (χ0v) is 14.6. The minimum atomic E-state index is -1.33. The number of hydrogen-bond acceptors (Lipinski definition) is 4. The number of nitrogens with zero attached hydrogens (tertiary/aromatic N) is 2. The van der Waals surface area contributed by atoms with E-state index in [-0.39, 0.29) is 11.1 Å². The number of carboxylic acids is 1. The molecule has 2 heterocycles. The molecule has 0 aliphatic rings. The number of aromatic hydroxyl groups is 1. The highest BCUT2D eigenvalue weighted by atomic mass is 127. The summed E-state index contributed by atoms with van der Waals surface area (Å²) in [6.45, 7) is 0.326. The van der Waals surface area contributed by atoms with Gasteiger partial charge in [0.25, 0.3) is 5.56 Å². The van der Waals surface area contributed by atoms with Crippen LogP contribution < -0.4 is 5.56 Å². The van der Waals surface area contributed by atoms with Crippen molar-refractivity contribution in [2.24, 2.45) is 0 Å². The predicted octanol–water partition coefficient (Wildman–Crippen LogP) is 2.65. The quantitative estimate of drug-likeness (QED) is 0.485. The molecule has 1 aromatic carbocycles. The second-order valence-corrected chi connectivity index (χ2v) is 6.25. The Labute approximate surface area is 150 Å². The fourth-order valence-electron chi connectivity index (χ4n) is 2.58. The molecule has 0 spiro atoms. The van der Waals surface area contributed by atoms with Crippen molar-refractivity contribution in [3.8, 4) is 5.75 Å². The van der Waals surface area contributed by atoms with E-state index in [0.717, 1.165) is 5.56 Å². The van der Waals surface area contributed by atoms with Crippen molar-refractivity contribution >= 4 is 39.5 Å². The Morgan fingerprint density at radius 3 is 2.54 bits per heavy atom. The van der Waals surface area contributed by atoms with Gasteiger partial charge in [-0.25, -0.2) is 9.78 Å². The highest BCUT2D eigenvalue weighted by Gasteiger charge is 2.20. The van der Waals surface area contributed by atoms with E-state index in [9.17, 15) is 19.8 Å². The molecule has 0 aliphatic carbocycles. The van der Waals surface area contributed by atoms with Crippen LogP contribution in [-0.2, 0) is 13.0 Å². The smallest absolute Gasteiger partial charge is 0.358 e. The number of aromatic nitrogens is 2. The van der Waals surface area contributed by atoms with Gasteiger partial charge < -0.3 is 14.8 Å². The highest BCUT2D eigenvalue weighted by Crippen LogP contribution is 2.29.